The topological polar surface area (TPSA) is 67.1 Å². The Labute approximate surface area is 117 Å². The van der Waals surface area contributed by atoms with Crippen molar-refractivity contribution in [3.63, 3.8) is 0 Å². The van der Waals surface area contributed by atoms with Crippen LogP contribution in [0.25, 0.3) is 0 Å². The minimum absolute atomic E-state index is 0.261. The summed E-state index contributed by atoms with van der Waals surface area (Å²) in [5.74, 6) is 6.62. The van der Waals surface area contributed by atoms with Crippen LogP contribution in [-0.2, 0) is 6.42 Å². The van der Waals surface area contributed by atoms with Crippen molar-refractivity contribution in [3.8, 4) is 0 Å². The molecule has 106 valence electrons. The van der Waals surface area contributed by atoms with E-state index in [1.807, 2.05) is 11.9 Å². The Morgan fingerprint density at radius 1 is 1.25 bits per heavy atom. The number of hydrogen-bond donors (Lipinski definition) is 2. The summed E-state index contributed by atoms with van der Waals surface area (Å²) in [5.41, 5.74) is 4.40. The predicted molar refractivity (Wildman–Crippen MR) is 78.3 cm³/mol. The van der Waals surface area contributed by atoms with Crippen LogP contribution >= 0.6 is 0 Å². The molecule has 0 bridgehead atoms. The van der Waals surface area contributed by atoms with Crippen LogP contribution in [0.5, 0.6) is 0 Å². The molecule has 0 atom stereocenters. The van der Waals surface area contributed by atoms with Crippen LogP contribution in [0, 0.1) is 5.82 Å². The number of nitrogen functional groups attached to an aromatic ring is 1. The van der Waals surface area contributed by atoms with Gasteiger partial charge < -0.3 is 10.3 Å². The zero-order chi connectivity index (χ0) is 14.5. The minimum Gasteiger partial charge on any atom is -0.329 e. The van der Waals surface area contributed by atoms with Gasteiger partial charge in [-0.2, -0.15) is 0 Å². The van der Waals surface area contributed by atoms with Crippen molar-refractivity contribution in [2.24, 2.45) is 5.84 Å². The van der Waals surface area contributed by atoms with Gasteiger partial charge in [-0.05, 0) is 30.7 Å². The SMILES string of the molecule is CCCc1c(NN)ncnc1N(C)c1ccc(F)cc1. The van der Waals surface area contributed by atoms with Crippen LogP contribution in [0.4, 0.5) is 21.7 Å². The third-order valence-electron chi connectivity index (χ3n) is 3.09. The molecule has 20 heavy (non-hydrogen) atoms. The maximum Gasteiger partial charge on any atom is 0.148 e. The van der Waals surface area contributed by atoms with Gasteiger partial charge in [0, 0.05) is 18.3 Å². The largest absolute Gasteiger partial charge is 0.329 e. The lowest BCUT2D eigenvalue weighted by Crippen LogP contribution is -2.18. The summed E-state index contributed by atoms with van der Waals surface area (Å²) in [6, 6.07) is 6.27. The van der Waals surface area contributed by atoms with E-state index in [2.05, 4.69) is 22.3 Å². The quantitative estimate of drug-likeness (QED) is 0.648. The first-order chi connectivity index (χ1) is 9.67. The summed E-state index contributed by atoms with van der Waals surface area (Å²) in [6.07, 6.45) is 3.22. The molecule has 0 radical (unpaired) electrons. The van der Waals surface area contributed by atoms with E-state index in [1.54, 1.807) is 12.1 Å². The van der Waals surface area contributed by atoms with Crippen LogP contribution in [-0.4, -0.2) is 17.0 Å². The van der Waals surface area contributed by atoms with Crippen LogP contribution in [0.2, 0.25) is 0 Å². The summed E-state index contributed by atoms with van der Waals surface area (Å²) in [6.45, 7) is 2.08. The van der Waals surface area contributed by atoms with Crippen molar-refractivity contribution < 1.29 is 4.39 Å². The van der Waals surface area contributed by atoms with E-state index in [0.717, 1.165) is 29.9 Å². The number of nitrogens with two attached hydrogens (primary N) is 1. The maximum atomic E-state index is 13.0. The second-order valence-corrected chi connectivity index (χ2v) is 4.45. The smallest absolute Gasteiger partial charge is 0.148 e. The van der Waals surface area contributed by atoms with Gasteiger partial charge in [0.05, 0.1) is 0 Å². The molecule has 2 rings (SSSR count). The molecule has 2 aromatic rings. The minimum atomic E-state index is -0.261. The van der Waals surface area contributed by atoms with E-state index >= 15 is 0 Å². The zero-order valence-electron chi connectivity index (χ0n) is 11.6. The molecule has 6 heteroatoms. The van der Waals surface area contributed by atoms with Crippen molar-refractivity contribution in [1.29, 1.82) is 0 Å². The van der Waals surface area contributed by atoms with Crippen LogP contribution in [0.15, 0.2) is 30.6 Å². The molecule has 0 aliphatic rings. The van der Waals surface area contributed by atoms with E-state index in [-0.39, 0.29) is 5.82 Å². The molecular weight excluding hydrogens is 257 g/mol. The Bertz CT molecular complexity index is 570. The first-order valence-corrected chi connectivity index (χ1v) is 6.47. The number of nitrogens with one attached hydrogen (secondary N) is 1. The first kappa shape index (κ1) is 14.2. The van der Waals surface area contributed by atoms with Crippen LogP contribution in [0.3, 0.4) is 0 Å². The Kier molecular flexibility index (Phi) is 4.47. The highest BCUT2D eigenvalue weighted by Gasteiger charge is 2.15. The Hall–Kier alpha value is -2.21. The Balaban J connectivity index is 2.42. The van der Waals surface area contributed by atoms with Crippen molar-refractivity contribution in [3.05, 3.63) is 42.0 Å². The molecule has 0 aliphatic heterocycles. The lowest BCUT2D eigenvalue weighted by Gasteiger charge is -2.22. The highest BCUT2D eigenvalue weighted by molar-refractivity contribution is 5.66. The van der Waals surface area contributed by atoms with Crippen LogP contribution in [0.1, 0.15) is 18.9 Å². The van der Waals surface area contributed by atoms with E-state index < -0.39 is 0 Å². The molecule has 1 aromatic heterocycles. The summed E-state index contributed by atoms with van der Waals surface area (Å²) >= 11 is 0. The van der Waals surface area contributed by atoms with Gasteiger partial charge in [-0.25, -0.2) is 20.2 Å². The second kappa shape index (κ2) is 6.29. The van der Waals surface area contributed by atoms with Gasteiger partial charge >= 0.3 is 0 Å². The standard InChI is InChI=1S/C14H18FN5/c1-3-4-12-13(19-16)17-9-18-14(12)20(2)11-7-5-10(15)6-8-11/h5-9H,3-4,16H2,1-2H3,(H,17,18,19). The number of anilines is 3. The molecule has 0 fully saturated rings. The fourth-order valence-corrected chi connectivity index (χ4v) is 2.08. The van der Waals surface area contributed by atoms with Crippen molar-refractivity contribution >= 4 is 17.3 Å². The van der Waals surface area contributed by atoms with Crippen molar-refractivity contribution in [1.82, 2.24) is 9.97 Å². The van der Waals surface area contributed by atoms with Crippen LogP contribution < -0.4 is 16.2 Å². The Morgan fingerprint density at radius 3 is 2.55 bits per heavy atom. The fraction of sp³-hybridized carbons (Fsp3) is 0.286. The molecule has 5 nitrogen and oxygen atoms in total. The second-order valence-electron chi connectivity index (χ2n) is 4.45. The number of nitrogens with zero attached hydrogens (tertiary/aromatic N) is 3. The average Bonchev–Trinajstić information content (AvgIpc) is 2.48. The molecule has 0 aliphatic carbocycles. The molecule has 0 amide bonds. The number of benzene rings is 1. The lowest BCUT2D eigenvalue weighted by atomic mass is 10.1. The Morgan fingerprint density at radius 2 is 1.95 bits per heavy atom. The number of halogens is 1. The van der Waals surface area contributed by atoms with E-state index in [1.165, 1.54) is 18.5 Å². The van der Waals surface area contributed by atoms with Crippen molar-refractivity contribution in [2.45, 2.75) is 19.8 Å². The summed E-state index contributed by atoms with van der Waals surface area (Å²) in [7, 11) is 1.88. The summed E-state index contributed by atoms with van der Waals surface area (Å²) in [5, 5.41) is 0. The average molecular weight is 275 g/mol. The van der Waals surface area contributed by atoms with Gasteiger partial charge in [-0.3, -0.25) is 0 Å². The van der Waals surface area contributed by atoms with Gasteiger partial charge in [-0.1, -0.05) is 13.3 Å². The lowest BCUT2D eigenvalue weighted by molar-refractivity contribution is 0.628. The van der Waals surface area contributed by atoms with Gasteiger partial charge in [0.1, 0.15) is 23.8 Å². The highest BCUT2D eigenvalue weighted by atomic mass is 19.1. The summed E-state index contributed by atoms with van der Waals surface area (Å²) < 4.78 is 13.0. The monoisotopic (exact) mass is 275 g/mol. The van der Waals surface area contributed by atoms with E-state index in [0.29, 0.717) is 5.82 Å². The maximum absolute atomic E-state index is 13.0. The number of rotatable bonds is 5. The molecular formula is C14H18FN5. The molecule has 0 spiro atoms. The van der Waals surface area contributed by atoms with E-state index in [9.17, 15) is 4.39 Å². The predicted octanol–water partition coefficient (Wildman–Crippen LogP) is 2.62. The number of hydrogen-bond acceptors (Lipinski definition) is 5. The normalized spacial score (nSPS) is 10.4. The zero-order valence-corrected chi connectivity index (χ0v) is 11.6. The third-order valence-corrected chi connectivity index (χ3v) is 3.09. The third kappa shape index (κ3) is 2.85. The first-order valence-electron chi connectivity index (χ1n) is 6.47. The molecule has 1 aromatic carbocycles. The van der Waals surface area contributed by atoms with E-state index in [4.69, 9.17) is 5.84 Å². The summed E-state index contributed by atoms with van der Waals surface area (Å²) in [4.78, 5) is 10.4. The van der Waals surface area contributed by atoms with Gasteiger partial charge in [0.25, 0.3) is 0 Å². The molecule has 3 N–H and O–H groups in total. The molecule has 1 heterocycles. The molecule has 0 saturated heterocycles. The van der Waals surface area contributed by atoms with Crippen molar-refractivity contribution in [2.75, 3.05) is 17.4 Å². The fourth-order valence-electron chi connectivity index (χ4n) is 2.08. The number of aromatic nitrogens is 2. The molecule has 0 unspecified atom stereocenters. The molecule has 0 saturated carbocycles. The van der Waals surface area contributed by atoms with Gasteiger partial charge in [-0.15, -0.1) is 0 Å². The van der Waals surface area contributed by atoms with Gasteiger partial charge in [0.2, 0.25) is 0 Å². The highest BCUT2D eigenvalue weighted by Crippen LogP contribution is 2.29. The van der Waals surface area contributed by atoms with Gasteiger partial charge in [0.15, 0.2) is 0 Å². The number of hydrazine groups is 1.